The van der Waals surface area contributed by atoms with Crippen LogP contribution in [0.15, 0.2) is 18.2 Å². The average molecular weight is 299 g/mol. The molecule has 1 aromatic rings. The highest BCUT2D eigenvalue weighted by atomic mass is 16.5. The molecule has 1 aromatic carbocycles. The van der Waals surface area contributed by atoms with Gasteiger partial charge in [0.2, 0.25) is 0 Å². The van der Waals surface area contributed by atoms with Crippen molar-refractivity contribution in [1.82, 2.24) is 4.90 Å². The van der Waals surface area contributed by atoms with Gasteiger partial charge in [-0.25, -0.2) is 0 Å². The molecule has 0 N–H and O–H groups in total. The number of methoxy groups -OCH3 is 1. The maximum absolute atomic E-state index is 5.60. The van der Waals surface area contributed by atoms with E-state index < -0.39 is 0 Å². The Kier molecular flexibility index (Phi) is 4.13. The normalized spacial score (nSPS) is 29.1. The highest BCUT2D eigenvalue weighted by molar-refractivity contribution is 5.45. The van der Waals surface area contributed by atoms with Crippen molar-refractivity contribution >= 4 is 0 Å². The maximum atomic E-state index is 5.60. The molecule has 1 saturated carbocycles. The molecule has 4 rings (SSSR count). The van der Waals surface area contributed by atoms with E-state index in [0.717, 1.165) is 23.6 Å². The SMILES string of the molecule is COc1cccc2c1CCC1C2CCN1CC1CCCCC1. The van der Waals surface area contributed by atoms with Crippen LogP contribution in [0.25, 0.3) is 0 Å². The van der Waals surface area contributed by atoms with Crippen molar-refractivity contribution in [2.24, 2.45) is 5.92 Å². The third kappa shape index (κ3) is 2.56. The number of benzene rings is 1. The Morgan fingerprint density at radius 2 is 1.95 bits per heavy atom. The van der Waals surface area contributed by atoms with Crippen LogP contribution in [0.3, 0.4) is 0 Å². The van der Waals surface area contributed by atoms with E-state index in [1.165, 1.54) is 70.0 Å². The molecule has 1 aliphatic heterocycles. The van der Waals surface area contributed by atoms with Crippen molar-refractivity contribution in [3.05, 3.63) is 29.3 Å². The molecule has 0 radical (unpaired) electrons. The number of ether oxygens (including phenoxy) is 1. The standard InChI is InChI=1S/C20H29NO/c1-22-20-9-5-8-16-17-12-13-21(19(17)11-10-18(16)20)14-15-6-3-2-4-7-15/h5,8-9,15,17,19H,2-4,6-7,10-14H2,1H3. The van der Waals surface area contributed by atoms with Gasteiger partial charge in [0.1, 0.15) is 5.75 Å². The summed E-state index contributed by atoms with van der Waals surface area (Å²) in [5.41, 5.74) is 3.08. The van der Waals surface area contributed by atoms with E-state index in [4.69, 9.17) is 4.74 Å². The summed E-state index contributed by atoms with van der Waals surface area (Å²) in [5.74, 6) is 2.84. The first-order chi connectivity index (χ1) is 10.9. The molecular weight excluding hydrogens is 270 g/mol. The summed E-state index contributed by atoms with van der Waals surface area (Å²) in [5, 5.41) is 0. The van der Waals surface area contributed by atoms with Gasteiger partial charge in [0.15, 0.2) is 0 Å². The van der Waals surface area contributed by atoms with E-state index in [9.17, 15) is 0 Å². The van der Waals surface area contributed by atoms with Gasteiger partial charge in [-0.1, -0.05) is 31.4 Å². The van der Waals surface area contributed by atoms with Gasteiger partial charge in [0, 0.05) is 18.5 Å². The van der Waals surface area contributed by atoms with Gasteiger partial charge >= 0.3 is 0 Å². The lowest BCUT2D eigenvalue weighted by Crippen LogP contribution is -2.38. The predicted octanol–water partition coefficient (Wildman–Crippen LogP) is 4.38. The molecule has 120 valence electrons. The van der Waals surface area contributed by atoms with E-state index in [-0.39, 0.29) is 0 Å². The molecule has 0 aromatic heterocycles. The highest BCUT2D eigenvalue weighted by Crippen LogP contribution is 2.44. The molecule has 22 heavy (non-hydrogen) atoms. The molecule has 2 heteroatoms. The van der Waals surface area contributed by atoms with Crippen molar-refractivity contribution in [2.75, 3.05) is 20.2 Å². The van der Waals surface area contributed by atoms with Crippen LogP contribution < -0.4 is 4.74 Å². The Hall–Kier alpha value is -1.02. The molecule has 2 aliphatic carbocycles. The first-order valence-corrected chi connectivity index (χ1v) is 9.26. The molecule has 1 saturated heterocycles. The smallest absolute Gasteiger partial charge is 0.122 e. The van der Waals surface area contributed by atoms with Crippen LogP contribution in [0.4, 0.5) is 0 Å². The number of nitrogens with zero attached hydrogens (tertiary/aromatic N) is 1. The lowest BCUT2D eigenvalue weighted by molar-refractivity contribution is 0.172. The molecule has 2 atom stereocenters. The third-order valence-corrected chi connectivity index (χ3v) is 6.36. The minimum atomic E-state index is 0.752. The van der Waals surface area contributed by atoms with Crippen molar-refractivity contribution in [3.63, 3.8) is 0 Å². The second-order valence-corrected chi connectivity index (χ2v) is 7.53. The fourth-order valence-corrected chi connectivity index (χ4v) is 5.27. The fourth-order valence-electron chi connectivity index (χ4n) is 5.27. The van der Waals surface area contributed by atoms with Crippen LogP contribution in [0.5, 0.6) is 5.75 Å². The minimum Gasteiger partial charge on any atom is -0.496 e. The van der Waals surface area contributed by atoms with E-state index in [2.05, 4.69) is 23.1 Å². The molecule has 2 fully saturated rings. The Labute approximate surface area is 134 Å². The van der Waals surface area contributed by atoms with Crippen molar-refractivity contribution in [2.45, 2.75) is 63.3 Å². The van der Waals surface area contributed by atoms with E-state index in [1.54, 1.807) is 5.56 Å². The summed E-state index contributed by atoms with van der Waals surface area (Å²) in [4.78, 5) is 2.84. The molecule has 1 heterocycles. The lowest BCUT2D eigenvalue weighted by atomic mass is 9.79. The quantitative estimate of drug-likeness (QED) is 0.821. The van der Waals surface area contributed by atoms with Crippen LogP contribution in [0.1, 0.15) is 62.0 Å². The Balaban J connectivity index is 1.50. The van der Waals surface area contributed by atoms with Gasteiger partial charge < -0.3 is 4.74 Å². The molecule has 2 nitrogen and oxygen atoms in total. The van der Waals surface area contributed by atoms with Gasteiger partial charge in [0.25, 0.3) is 0 Å². The molecular formula is C20H29NO. The first kappa shape index (κ1) is 14.6. The Morgan fingerprint density at radius 3 is 2.77 bits per heavy atom. The third-order valence-electron chi connectivity index (χ3n) is 6.36. The van der Waals surface area contributed by atoms with E-state index in [1.807, 2.05) is 7.11 Å². The van der Waals surface area contributed by atoms with Gasteiger partial charge in [-0.15, -0.1) is 0 Å². The fraction of sp³-hybridized carbons (Fsp3) is 0.700. The van der Waals surface area contributed by atoms with Gasteiger partial charge in [0.05, 0.1) is 7.11 Å². The summed E-state index contributed by atoms with van der Waals surface area (Å²) in [6.45, 7) is 2.67. The largest absolute Gasteiger partial charge is 0.496 e. The predicted molar refractivity (Wildman–Crippen MR) is 90.6 cm³/mol. The van der Waals surface area contributed by atoms with Gasteiger partial charge in [-0.3, -0.25) is 4.90 Å². The molecule has 0 spiro atoms. The van der Waals surface area contributed by atoms with Crippen LogP contribution in [0, 0.1) is 5.92 Å². The zero-order valence-corrected chi connectivity index (χ0v) is 13.9. The topological polar surface area (TPSA) is 12.5 Å². The van der Waals surface area contributed by atoms with Gasteiger partial charge in [-0.2, -0.15) is 0 Å². The van der Waals surface area contributed by atoms with Crippen molar-refractivity contribution in [1.29, 1.82) is 0 Å². The summed E-state index contributed by atoms with van der Waals surface area (Å²) in [6, 6.07) is 7.47. The zero-order chi connectivity index (χ0) is 14.9. The Morgan fingerprint density at radius 1 is 1.09 bits per heavy atom. The molecule has 3 aliphatic rings. The first-order valence-electron chi connectivity index (χ1n) is 9.26. The maximum Gasteiger partial charge on any atom is 0.122 e. The molecule has 2 unspecified atom stereocenters. The summed E-state index contributed by atoms with van der Waals surface area (Å²) < 4.78 is 5.60. The molecule has 0 amide bonds. The van der Waals surface area contributed by atoms with E-state index >= 15 is 0 Å². The van der Waals surface area contributed by atoms with E-state index in [0.29, 0.717) is 0 Å². The highest BCUT2D eigenvalue weighted by Gasteiger charge is 2.39. The van der Waals surface area contributed by atoms with Gasteiger partial charge in [-0.05, 0) is 61.8 Å². The van der Waals surface area contributed by atoms with Crippen LogP contribution in [-0.2, 0) is 6.42 Å². The Bertz CT molecular complexity index is 520. The van der Waals surface area contributed by atoms with Crippen molar-refractivity contribution in [3.8, 4) is 5.75 Å². The van der Waals surface area contributed by atoms with Crippen LogP contribution in [-0.4, -0.2) is 31.1 Å². The summed E-state index contributed by atoms with van der Waals surface area (Å²) >= 11 is 0. The average Bonchev–Trinajstić information content (AvgIpc) is 2.98. The summed E-state index contributed by atoms with van der Waals surface area (Å²) in [6.07, 6.45) is 11.2. The number of hydrogen-bond donors (Lipinski definition) is 0. The van der Waals surface area contributed by atoms with Crippen LogP contribution in [0.2, 0.25) is 0 Å². The van der Waals surface area contributed by atoms with Crippen LogP contribution >= 0.6 is 0 Å². The second-order valence-electron chi connectivity index (χ2n) is 7.53. The number of likely N-dealkylation sites (tertiary alicyclic amines) is 1. The number of hydrogen-bond acceptors (Lipinski definition) is 2. The number of rotatable bonds is 3. The van der Waals surface area contributed by atoms with Crippen molar-refractivity contribution < 1.29 is 4.74 Å². The number of fused-ring (bicyclic) bond motifs is 3. The monoisotopic (exact) mass is 299 g/mol. The lowest BCUT2D eigenvalue weighted by Gasteiger charge is -2.36. The zero-order valence-electron chi connectivity index (χ0n) is 13.9. The molecule has 0 bridgehead atoms. The summed E-state index contributed by atoms with van der Waals surface area (Å²) in [7, 11) is 1.81. The second kappa shape index (κ2) is 6.23. The minimum absolute atomic E-state index is 0.752.